The molecule has 0 spiro atoms. The van der Waals surface area contributed by atoms with Crippen molar-refractivity contribution in [1.29, 1.82) is 0 Å². The first-order chi connectivity index (χ1) is 11.3. The number of amides is 1. The van der Waals surface area contributed by atoms with Crippen LogP contribution in [0.4, 0.5) is 13.2 Å². The molecule has 132 valence electrons. The van der Waals surface area contributed by atoms with Gasteiger partial charge in [0.1, 0.15) is 17.9 Å². The minimum atomic E-state index is -2.83. The van der Waals surface area contributed by atoms with Crippen LogP contribution in [-0.2, 0) is 0 Å². The highest BCUT2D eigenvalue weighted by Crippen LogP contribution is 2.39. The number of aliphatic hydroxyl groups is 1. The lowest BCUT2D eigenvalue weighted by molar-refractivity contribution is 0.0195. The Morgan fingerprint density at radius 1 is 1.46 bits per heavy atom. The number of benzene rings is 1. The van der Waals surface area contributed by atoms with Crippen molar-refractivity contribution in [2.24, 2.45) is 0 Å². The quantitative estimate of drug-likeness (QED) is 0.912. The average Bonchev–Trinajstić information content (AvgIpc) is 2.84. The van der Waals surface area contributed by atoms with E-state index in [1.807, 2.05) is 0 Å². The summed E-state index contributed by atoms with van der Waals surface area (Å²) < 4.78 is 50.8. The molecule has 1 fully saturated rings. The molecule has 2 aliphatic rings. The van der Waals surface area contributed by atoms with Gasteiger partial charge in [-0.2, -0.15) is 0 Å². The van der Waals surface area contributed by atoms with Crippen LogP contribution in [0.5, 0.6) is 11.5 Å². The standard InChI is InChI=1S/C16H18F3NO4/c1-7-3-11-12(14(13(7)17)24-8(2)15(18)19)16(22)20-5-10(21)4-9(20)6-23-11/h3,8-10,15,21H,4-6H2,1-2H3/t8?,9-,10+/m1/s1. The molecular weight excluding hydrogens is 327 g/mol. The van der Waals surface area contributed by atoms with Crippen molar-refractivity contribution in [3.8, 4) is 11.5 Å². The van der Waals surface area contributed by atoms with Gasteiger partial charge in [-0.05, 0) is 31.9 Å². The van der Waals surface area contributed by atoms with Crippen LogP contribution in [0.25, 0.3) is 0 Å². The summed E-state index contributed by atoms with van der Waals surface area (Å²) in [6.45, 7) is 2.78. The highest BCUT2D eigenvalue weighted by atomic mass is 19.3. The van der Waals surface area contributed by atoms with Gasteiger partial charge in [0.25, 0.3) is 12.3 Å². The topological polar surface area (TPSA) is 59.0 Å². The summed E-state index contributed by atoms with van der Waals surface area (Å²) in [6, 6.07) is 1.02. The first kappa shape index (κ1) is 16.9. The molecule has 3 atom stereocenters. The van der Waals surface area contributed by atoms with Gasteiger partial charge in [-0.3, -0.25) is 4.79 Å². The number of alkyl halides is 2. The lowest BCUT2D eigenvalue weighted by atomic mass is 10.1. The lowest BCUT2D eigenvalue weighted by Gasteiger charge is -2.22. The third-order valence-electron chi connectivity index (χ3n) is 4.32. The van der Waals surface area contributed by atoms with Crippen molar-refractivity contribution < 1.29 is 32.5 Å². The number of ether oxygens (including phenoxy) is 2. The number of carbonyl (C=O) groups excluding carboxylic acids is 1. The van der Waals surface area contributed by atoms with Crippen molar-refractivity contribution in [3.63, 3.8) is 0 Å². The first-order valence-electron chi connectivity index (χ1n) is 7.69. The molecule has 0 aromatic heterocycles. The van der Waals surface area contributed by atoms with Crippen molar-refractivity contribution >= 4 is 5.91 Å². The van der Waals surface area contributed by atoms with E-state index in [-0.39, 0.29) is 36.1 Å². The second-order valence-corrected chi connectivity index (χ2v) is 6.18. The highest BCUT2D eigenvalue weighted by molar-refractivity contribution is 6.00. The summed E-state index contributed by atoms with van der Waals surface area (Å²) in [5.74, 6) is -1.86. The molecule has 0 saturated carbocycles. The first-order valence-corrected chi connectivity index (χ1v) is 7.69. The van der Waals surface area contributed by atoms with E-state index in [2.05, 4.69) is 0 Å². The number of aliphatic hydroxyl groups excluding tert-OH is 1. The average molecular weight is 345 g/mol. The van der Waals surface area contributed by atoms with E-state index < -0.39 is 36.1 Å². The summed E-state index contributed by atoms with van der Waals surface area (Å²) in [7, 11) is 0. The molecule has 1 N–H and O–H groups in total. The Kier molecular flexibility index (Phi) is 4.33. The van der Waals surface area contributed by atoms with Gasteiger partial charge in [0.2, 0.25) is 0 Å². The third-order valence-corrected chi connectivity index (χ3v) is 4.32. The molecule has 1 unspecified atom stereocenters. The summed E-state index contributed by atoms with van der Waals surface area (Å²) in [5, 5.41) is 9.75. The Morgan fingerprint density at radius 2 is 2.17 bits per heavy atom. The molecule has 0 radical (unpaired) electrons. The molecule has 3 rings (SSSR count). The molecule has 0 bridgehead atoms. The van der Waals surface area contributed by atoms with Crippen LogP contribution in [0.15, 0.2) is 6.07 Å². The number of hydrogen-bond acceptors (Lipinski definition) is 4. The predicted octanol–water partition coefficient (Wildman–Crippen LogP) is 2.13. The molecule has 5 nitrogen and oxygen atoms in total. The normalized spacial score (nSPS) is 24.3. The molecule has 8 heteroatoms. The minimum Gasteiger partial charge on any atom is -0.490 e. The monoisotopic (exact) mass is 345 g/mol. The van der Waals surface area contributed by atoms with E-state index in [0.29, 0.717) is 6.42 Å². The van der Waals surface area contributed by atoms with Crippen LogP contribution in [-0.4, -0.2) is 53.7 Å². The summed E-state index contributed by atoms with van der Waals surface area (Å²) in [4.78, 5) is 14.2. The Hall–Kier alpha value is -1.96. The van der Waals surface area contributed by atoms with Gasteiger partial charge < -0.3 is 19.5 Å². The predicted molar refractivity (Wildman–Crippen MR) is 78.2 cm³/mol. The Balaban J connectivity index is 2.08. The molecule has 1 aromatic carbocycles. The zero-order valence-electron chi connectivity index (χ0n) is 13.3. The van der Waals surface area contributed by atoms with Gasteiger partial charge in [-0.1, -0.05) is 0 Å². The second-order valence-electron chi connectivity index (χ2n) is 6.18. The van der Waals surface area contributed by atoms with Crippen LogP contribution >= 0.6 is 0 Å². The molecule has 2 heterocycles. The van der Waals surface area contributed by atoms with Crippen LogP contribution in [0, 0.1) is 12.7 Å². The zero-order valence-corrected chi connectivity index (χ0v) is 13.3. The fraction of sp³-hybridized carbons (Fsp3) is 0.562. The minimum absolute atomic E-state index is 0.0889. The van der Waals surface area contributed by atoms with E-state index in [9.17, 15) is 23.1 Å². The Bertz CT molecular complexity index is 667. The largest absolute Gasteiger partial charge is 0.490 e. The number of carbonyl (C=O) groups is 1. The van der Waals surface area contributed by atoms with Crippen LogP contribution in [0.3, 0.4) is 0 Å². The Labute approximate surface area is 137 Å². The third kappa shape index (κ3) is 2.79. The number of hydrogen-bond donors (Lipinski definition) is 1. The van der Waals surface area contributed by atoms with Crippen LogP contribution in [0.2, 0.25) is 0 Å². The fourth-order valence-corrected chi connectivity index (χ4v) is 3.03. The SMILES string of the molecule is Cc1cc2c(c(OC(C)C(F)F)c1F)C(=O)N1C[C@@H](O)C[C@@H]1CO2. The van der Waals surface area contributed by atoms with E-state index >= 15 is 0 Å². The van der Waals surface area contributed by atoms with Gasteiger partial charge in [0.05, 0.1) is 12.1 Å². The summed E-state index contributed by atoms with van der Waals surface area (Å²) in [6.07, 6.45) is -4.75. The van der Waals surface area contributed by atoms with E-state index in [1.54, 1.807) is 0 Å². The van der Waals surface area contributed by atoms with Crippen molar-refractivity contribution in [2.45, 2.75) is 44.9 Å². The van der Waals surface area contributed by atoms with E-state index in [1.165, 1.54) is 17.9 Å². The summed E-state index contributed by atoms with van der Waals surface area (Å²) in [5.41, 5.74) is -0.0673. The molecule has 2 aliphatic heterocycles. The van der Waals surface area contributed by atoms with Gasteiger partial charge in [-0.25, -0.2) is 13.2 Å². The smallest absolute Gasteiger partial charge is 0.274 e. The van der Waals surface area contributed by atoms with Crippen LogP contribution in [0.1, 0.15) is 29.3 Å². The highest BCUT2D eigenvalue weighted by Gasteiger charge is 2.41. The van der Waals surface area contributed by atoms with E-state index in [4.69, 9.17) is 9.47 Å². The molecular formula is C16H18F3NO4. The zero-order chi connectivity index (χ0) is 17.6. The number of fused-ring (bicyclic) bond motifs is 2. The van der Waals surface area contributed by atoms with Crippen molar-refractivity contribution in [3.05, 3.63) is 23.0 Å². The second kappa shape index (κ2) is 6.16. The molecule has 1 amide bonds. The maximum atomic E-state index is 14.5. The maximum absolute atomic E-state index is 14.5. The Morgan fingerprint density at radius 3 is 2.83 bits per heavy atom. The van der Waals surface area contributed by atoms with Gasteiger partial charge >= 0.3 is 0 Å². The molecule has 1 saturated heterocycles. The lowest BCUT2D eigenvalue weighted by Crippen LogP contribution is -2.37. The van der Waals surface area contributed by atoms with Gasteiger partial charge in [0, 0.05) is 6.54 Å². The number of aryl methyl sites for hydroxylation is 1. The van der Waals surface area contributed by atoms with Gasteiger partial charge in [-0.15, -0.1) is 0 Å². The molecule has 24 heavy (non-hydrogen) atoms. The molecule has 1 aromatic rings. The maximum Gasteiger partial charge on any atom is 0.274 e. The molecule has 0 aliphatic carbocycles. The summed E-state index contributed by atoms with van der Waals surface area (Å²) >= 11 is 0. The number of rotatable bonds is 3. The fourth-order valence-electron chi connectivity index (χ4n) is 3.03. The van der Waals surface area contributed by atoms with Gasteiger partial charge in [0.15, 0.2) is 17.7 Å². The number of nitrogens with zero attached hydrogens (tertiary/aromatic N) is 1. The van der Waals surface area contributed by atoms with Crippen molar-refractivity contribution in [1.82, 2.24) is 4.90 Å². The van der Waals surface area contributed by atoms with Crippen molar-refractivity contribution in [2.75, 3.05) is 13.2 Å². The number of halogens is 3. The van der Waals surface area contributed by atoms with Crippen LogP contribution < -0.4 is 9.47 Å². The van der Waals surface area contributed by atoms with E-state index in [0.717, 1.165) is 6.92 Å².